The summed E-state index contributed by atoms with van der Waals surface area (Å²) in [6.07, 6.45) is 1.62. The molecule has 0 saturated heterocycles. The maximum Gasteiger partial charge on any atom is 0.127 e. The summed E-state index contributed by atoms with van der Waals surface area (Å²) in [5.41, 5.74) is 8.62. The fraction of sp³-hybridized carbons (Fsp3) is 0.0714. The number of anilines is 1. The number of nitrogens with two attached hydrogens (primary N) is 1. The van der Waals surface area contributed by atoms with E-state index in [1.807, 2.05) is 43.3 Å². The lowest BCUT2D eigenvalue weighted by atomic mass is 10.1. The molecule has 0 atom stereocenters. The Bertz CT molecular complexity index is 562. The summed E-state index contributed by atoms with van der Waals surface area (Å²) in [5.74, 6) is 0.255. The zero-order valence-corrected chi connectivity index (χ0v) is 9.59. The Balaban J connectivity index is 2.33. The Labute approximate surface area is 100 Å². The average Bonchev–Trinajstić information content (AvgIpc) is 2.33. The number of nitrogen functional groups attached to an aromatic ring is 1. The minimum absolute atomic E-state index is 0.255. The average molecular weight is 226 g/mol. The number of nitrogens with zero attached hydrogens (tertiary/aromatic N) is 1. The molecule has 2 rings (SSSR count). The molecule has 0 amide bonds. The summed E-state index contributed by atoms with van der Waals surface area (Å²) in [6, 6.07) is 12.9. The standard InChI is InChI=1S/C14H14N2O/c1-10-5-4-6-11(14(10)17)9-16-13-8-3-2-7-12(13)15/h2-9,17H,15H2,1H3. The summed E-state index contributed by atoms with van der Waals surface area (Å²) < 4.78 is 0. The molecule has 3 heteroatoms. The Morgan fingerprint density at radius 2 is 1.88 bits per heavy atom. The topological polar surface area (TPSA) is 58.6 Å². The fourth-order valence-corrected chi connectivity index (χ4v) is 1.53. The third-order valence-corrected chi connectivity index (χ3v) is 2.55. The van der Waals surface area contributed by atoms with Crippen LogP contribution in [0.1, 0.15) is 11.1 Å². The third kappa shape index (κ3) is 2.45. The van der Waals surface area contributed by atoms with Gasteiger partial charge < -0.3 is 10.8 Å². The van der Waals surface area contributed by atoms with Crippen LogP contribution in [0.2, 0.25) is 0 Å². The SMILES string of the molecule is Cc1cccc(C=Nc2ccccc2N)c1O. The number of aliphatic imine (C=N–C) groups is 1. The molecule has 17 heavy (non-hydrogen) atoms. The van der Waals surface area contributed by atoms with Crippen LogP contribution in [0, 0.1) is 6.92 Å². The molecule has 2 aromatic carbocycles. The molecule has 2 aromatic rings. The Morgan fingerprint density at radius 1 is 1.12 bits per heavy atom. The number of benzene rings is 2. The van der Waals surface area contributed by atoms with Crippen molar-refractivity contribution in [1.29, 1.82) is 0 Å². The molecule has 0 aromatic heterocycles. The lowest BCUT2D eigenvalue weighted by Crippen LogP contribution is -1.87. The van der Waals surface area contributed by atoms with Crippen molar-refractivity contribution in [2.24, 2.45) is 4.99 Å². The lowest BCUT2D eigenvalue weighted by Gasteiger charge is -2.02. The lowest BCUT2D eigenvalue weighted by molar-refractivity contribution is 0.470. The van der Waals surface area contributed by atoms with Gasteiger partial charge in [0.25, 0.3) is 0 Å². The number of phenolic OH excluding ortho intramolecular Hbond substituents is 1. The minimum atomic E-state index is 0.255. The quantitative estimate of drug-likeness (QED) is 0.610. The summed E-state index contributed by atoms with van der Waals surface area (Å²) in [7, 11) is 0. The molecule has 0 radical (unpaired) electrons. The van der Waals surface area contributed by atoms with Crippen molar-refractivity contribution < 1.29 is 5.11 Å². The first kappa shape index (κ1) is 11.2. The molecule has 0 bridgehead atoms. The number of phenols is 1. The van der Waals surface area contributed by atoms with Crippen LogP contribution in [0.4, 0.5) is 11.4 Å². The largest absolute Gasteiger partial charge is 0.507 e. The number of aryl methyl sites for hydroxylation is 1. The molecular formula is C14H14N2O. The second-order valence-electron chi connectivity index (χ2n) is 3.83. The third-order valence-electron chi connectivity index (χ3n) is 2.55. The van der Waals surface area contributed by atoms with E-state index in [1.54, 1.807) is 12.3 Å². The monoisotopic (exact) mass is 226 g/mol. The van der Waals surface area contributed by atoms with Crippen molar-refractivity contribution in [3.8, 4) is 5.75 Å². The van der Waals surface area contributed by atoms with Gasteiger partial charge in [-0.1, -0.05) is 24.3 Å². The second-order valence-corrected chi connectivity index (χ2v) is 3.83. The van der Waals surface area contributed by atoms with Gasteiger partial charge in [0.15, 0.2) is 0 Å². The zero-order valence-electron chi connectivity index (χ0n) is 9.59. The van der Waals surface area contributed by atoms with Crippen LogP contribution in [0.15, 0.2) is 47.5 Å². The van der Waals surface area contributed by atoms with Crippen molar-refractivity contribution in [3.05, 3.63) is 53.6 Å². The van der Waals surface area contributed by atoms with Crippen LogP contribution < -0.4 is 5.73 Å². The van der Waals surface area contributed by atoms with Crippen LogP contribution >= 0.6 is 0 Å². The number of hydrogen-bond donors (Lipinski definition) is 2. The molecule has 0 saturated carbocycles. The van der Waals surface area contributed by atoms with Crippen LogP contribution in [-0.4, -0.2) is 11.3 Å². The van der Waals surface area contributed by atoms with Gasteiger partial charge in [0.1, 0.15) is 5.75 Å². The Morgan fingerprint density at radius 3 is 2.65 bits per heavy atom. The van der Waals surface area contributed by atoms with Crippen LogP contribution in [-0.2, 0) is 0 Å². The molecule has 0 heterocycles. The number of rotatable bonds is 2. The van der Waals surface area contributed by atoms with Gasteiger partial charge in [0.05, 0.1) is 11.4 Å². The second kappa shape index (κ2) is 4.70. The predicted octanol–water partition coefficient (Wildman–Crippen LogP) is 3.03. The van der Waals surface area contributed by atoms with E-state index in [1.165, 1.54) is 0 Å². The first-order chi connectivity index (χ1) is 8.18. The highest BCUT2D eigenvalue weighted by Crippen LogP contribution is 2.23. The minimum Gasteiger partial charge on any atom is -0.507 e. The van der Waals surface area contributed by atoms with Crippen molar-refractivity contribution in [1.82, 2.24) is 0 Å². The van der Waals surface area contributed by atoms with Gasteiger partial charge in [0, 0.05) is 11.8 Å². The Hall–Kier alpha value is -2.29. The summed E-state index contributed by atoms with van der Waals surface area (Å²) in [6.45, 7) is 1.85. The van der Waals surface area contributed by atoms with E-state index in [0.29, 0.717) is 16.9 Å². The van der Waals surface area contributed by atoms with E-state index < -0.39 is 0 Å². The molecule has 3 nitrogen and oxygen atoms in total. The molecule has 0 aliphatic carbocycles. The van der Waals surface area contributed by atoms with Crippen molar-refractivity contribution in [3.63, 3.8) is 0 Å². The molecule has 86 valence electrons. The first-order valence-corrected chi connectivity index (χ1v) is 5.35. The van der Waals surface area contributed by atoms with E-state index in [9.17, 15) is 5.11 Å². The van der Waals surface area contributed by atoms with Crippen LogP contribution in [0.25, 0.3) is 0 Å². The summed E-state index contributed by atoms with van der Waals surface area (Å²) >= 11 is 0. The fourth-order valence-electron chi connectivity index (χ4n) is 1.53. The van der Waals surface area contributed by atoms with E-state index in [0.717, 1.165) is 5.56 Å². The van der Waals surface area contributed by atoms with Gasteiger partial charge >= 0.3 is 0 Å². The zero-order chi connectivity index (χ0) is 12.3. The van der Waals surface area contributed by atoms with Gasteiger partial charge in [-0.25, -0.2) is 0 Å². The molecule has 3 N–H and O–H groups in total. The van der Waals surface area contributed by atoms with Crippen LogP contribution in [0.5, 0.6) is 5.75 Å². The van der Waals surface area contributed by atoms with E-state index in [2.05, 4.69) is 4.99 Å². The number of hydrogen-bond acceptors (Lipinski definition) is 3. The van der Waals surface area contributed by atoms with E-state index in [-0.39, 0.29) is 5.75 Å². The van der Waals surface area contributed by atoms with Crippen LogP contribution in [0.3, 0.4) is 0 Å². The van der Waals surface area contributed by atoms with Gasteiger partial charge in [-0.15, -0.1) is 0 Å². The van der Waals surface area contributed by atoms with Gasteiger partial charge in [0.2, 0.25) is 0 Å². The number of para-hydroxylation sites is 3. The van der Waals surface area contributed by atoms with Crippen molar-refractivity contribution in [2.45, 2.75) is 6.92 Å². The van der Waals surface area contributed by atoms with E-state index >= 15 is 0 Å². The highest BCUT2D eigenvalue weighted by atomic mass is 16.3. The molecule has 0 spiro atoms. The maximum absolute atomic E-state index is 9.82. The highest BCUT2D eigenvalue weighted by Gasteiger charge is 2.00. The smallest absolute Gasteiger partial charge is 0.127 e. The molecule has 0 aliphatic heterocycles. The summed E-state index contributed by atoms with van der Waals surface area (Å²) in [4.78, 5) is 4.27. The summed E-state index contributed by atoms with van der Waals surface area (Å²) in [5, 5.41) is 9.82. The highest BCUT2D eigenvalue weighted by molar-refractivity contribution is 5.87. The molecule has 0 aliphatic rings. The van der Waals surface area contributed by atoms with Gasteiger partial charge in [-0.05, 0) is 30.7 Å². The van der Waals surface area contributed by atoms with Gasteiger partial charge in [-0.3, -0.25) is 4.99 Å². The van der Waals surface area contributed by atoms with Crippen molar-refractivity contribution in [2.75, 3.05) is 5.73 Å². The molecule has 0 fully saturated rings. The van der Waals surface area contributed by atoms with Crippen molar-refractivity contribution >= 4 is 17.6 Å². The number of aromatic hydroxyl groups is 1. The maximum atomic E-state index is 9.82. The predicted molar refractivity (Wildman–Crippen MR) is 71.0 cm³/mol. The van der Waals surface area contributed by atoms with E-state index in [4.69, 9.17) is 5.73 Å². The normalized spacial score (nSPS) is 10.9. The Kier molecular flexibility index (Phi) is 3.10. The molecular weight excluding hydrogens is 212 g/mol. The first-order valence-electron chi connectivity index (χ1n) is 5.35. The molecule has 0 unspecified atom stereocenters. The van der Waals surface area contributed by atoms with Gasteiger partial charge in [-0.2, -0.15) is 0 Å².